The zero-order valence-corrected chi connectivity index (χ0v) is 12.0. The number of aromatic nitrogens is 2. The molecule has 1 aromatic rings. The predicted octanol–water partition coefficient (Wildman–Crippen LogP) is 1.25. The van der Waals surface area contributed by atoms with Gasteiger partial charge in [-0.2, -0.15) is 11.8 Å². The van der Waals surface area contributed by atoms with E-state index in [2.05, 4.69) is 15.4 Å². The number of hydrogen-bond donors (Lipinski definition) is 2. The number of hydrazine groups is 1. The number of nitrogen functional groups attached to an aromatic ring is 1. The molecule has 0 aliphatic rings. The first kappa shape index (κ1) is 15.4. The maximum atomic E-state index is 11.1. The highest BCUT2D eigenvalue weighted by Gasteiger charge is 2.26. The minimum atomic E-state index is -0.525. The predicted molar refractivity (Wildman–Crippen MR) is 77.4 cm³/mol. The first-order valence-electron chi connectivity index (χ1n) is 5.70. The van der Waals surface area contributed by atoms with Crippen LogP contribution in [0.25, 0.3) is 0 Å². The van der Waals surface area contributed by atoms with Gasteiger partial charge in [-0.15, -0.1) is 0 Å². The molecule has 1 rings (SSSR count). The lowest BCUT2D eigenvalue weighted by Gasteiger charge is -2.25. The molecule has 0 fully saturated rings. The fourth-order valence-electron chi connectivity index (χ4n) is 1.59. The van der Waals surface area contributed by atoms with Crippen molar-refractivity contribution in [3.05, 3.63) is 16.4 Å². The van der Waals surface area contributed by atoms with Crippen molar-refractivity contribution in [1.82, 2.24) is 9.97 Å². The standard InChI is InChI=1S/C10H18N6O2S/c1-7(4-5-19-3)15(2)10-8(16(17)18)9(14-11)12-6-13-10/h6-7H,4-5,11H2,1-3H3,(H,12,13,14). The van der Waals surface area contributed by atoms with Crippen molar-refractivity contribution < 1.29 is 4.92 Å². The Hall–Kier alpha value is -1.61. The Kier molecular flexibility index (Phi) is 5.77. The van der Waals surface area contributed by atoms with Gasteiger partial charge in [-0.05, 0) is 25.4 Å². The summed E-state index contributed by atoms with van der Waals surface area (Å²) in [5.74, 6) is 6.50. The quantitative estimate of drug-likeness (QED) is 0.438. The van der Waals surface area contributed by atoms with E-state index in [0.717, 1.165) is 12.2 Å². The van der Waals surface area contributed by atoms with E-state index in [1.54, 1.807) is 23.7 Å². The van der Waals surface area contributed by atoms with Crippen molar-refractivity contribution >= 4 is 29.1 Å². The van der Waals surface area contributed by atoms with E-state index in [0.29, 0.717) is 0 Å². The minimum Gasteiger partial charge on any atom is -0.351 e. The molecule has 0 aliphatic heterocycles. The number of nitrogens with two attached hydrogens (primary N) is 1. The van der Waals surface area contributed by atoms with Gasteiger partial charge in [0, 0.05) is 13.1 Å². The fraction of sp³-hybridized carbons (Fsp3) is 0.600. The molecular weight excluding hydrogens is 268 g/mol. The smallest absolute Gasteiger partial charge is 0.351 e. The number of thioether (sulfide) groups is 1. The first-order valence-corrected chi connectivity index (χ1v) is 7.10. The second-order valence-corrected chi connectivity index (χ2v) is 5.02. The second-order valence-electron chi connectivity index (χ2n) is 4.04. The molecule has 1 heterocycles. The van der Waals surface area contributed by atoms with Crippen LogP contribution in [0.15, 0.2) is 6.33 Å². The Bertz CT molecular complexity index is 444. The van der Waals surface area contributed by atoms with Crippen molar-refractivity contribution in [3.63, 3.8) is 0 Å². The average molecular weight is 286 g/mol. The number of rotatable bonds is 7. The van der Waals surface area contributed by atoms with Gasteiger partial charge in [-0.25, -0.2) is 15.8 Å². The lowest BCUT2D eigenvalue weighted by molar-refractivity contribution is -0.383. The lowest BCUT2D eigenvalue weighted by atomic mass is 10.2. The summed E-state index contributed by atoms with van der Waals surface area (Å²) < 4.78 is 0. The maximum Gasteiger partial charge on any atom is 0.354 e. The van der Waals surface area contributed by atoms with Crippen molar-refractivity contribution in [3.8, 4) is 0 Å². The van der Waals surface area contributed by atoms with Gasteiger partial charge >= 0.3 is 5.69 Å². The largest absolute Gasteiger partial charge is 0.354 e. The molecule has 3 N–H and O–H groups in total. The lowest BCUT2D eigenvalue weighted by Crippen LogP contribution is -2.31. The molecule has 0 spiro atoms. The normalized spacial score (nSPS) is 12.0. The van der Waals surface area contributed by atoms with Crippen LogP contribution in [0.2, 0.25) is 0 Å². The zero-order valence-electron chi connectivity index (χ0n) is 11.2. The van der Waals surface area contributed by atoms with Crippen LogP contribution in [0.4, 0.5) is 17.3 Å². The van der Waals surface area contributed by atoms with Crippen LogP contribution in [0, 0.1) is 10.1 Å². The minimum absolute atomic E-state index is 0.0129. The Morgan fingerprint density at radius 2 is 2.32 bits per heavy atom. The highest BCUT2D eigenvalue weighted by Crippen LogP contribution is 2.31. The molecule has 19 heavy (non-hydrogen) atoms. The van der Waals surface area contributed by atoms with Crippen LogP contribution in [-0.2, 0) is 0 Å². The van der Waals surface area contributed by atoms with Crippen molar-refractivity contribution in [2.45, 2.75) is 19.4 Å². The van der Waals surface area contributed by atoms with Crippen LogP contribution in [0.5, 0.6) is 0 Å². The maximum absolute atomic E-state index is 11.1. The molecule has 0 saturated carbocycles. The Morgan fingerprint density at radius 1 is 1.63 bits per heavy atom. The van der Waals surface area contributed by atoms with E-state index >= 15 is 0 Å². The molecular formula is C10H18N6O2S. The molecule has 0 bridgehead atoms. The summed E-state index contributed by atoms with van der Waals surface area (Å²) in [5, 5.41) is 11.1. The monoisotopic (exact) mass is 286 g/mol. The molecule has 1 unspecified atom stereocenters. The first-order chi connectivity index (χ1) is 9.02. The van der Waals surface area contributed by atoms with Gasteiger partial charge in [0.05, 0.1) is 4.92 Å². The van der Waals surface area contributed by atoms with Gasteiger partial charge in [0.1, 0.15) is 6.33 Å². The van der Waals surface area contributed by atoms with E-state index in [4.69, 9.17) is 5.84 Å². The number of anilines is 2. The third-order valence-electron chi connectivity index (χ3n) is 2.86. The molecule has 0 amide bonds. The highest BCUT2D eigenvalue weighted by molar-refractivity contribution is 7.98. The number of hydrogen-bond acceptors (Lipinski definition) is 8. The van der Waals surface area contributed by atoms with E-state index in [1.807, 2.05) is 13.2 Å². The van der Waals surface area contributed by atoms with Crippen LogP contribution in [-0.4, -0.2) is 40.0 Å². The summed E-state index contributed by atoms with van der Waals surface area (Å²) in [4.78, 5) is 20.2. The summed E-state index contributed by atoms with van der Waals surface area (Å²) in [6.45, 7) is 2.00. The van der Waals surface area contributed by atoms with Crippen molar-refractivity contribution in [2.75, 3.05) is 29.4 Å². The third-order valence-corrected chi connectivity index (χ3v) is 3.50. The molecule has 9 heteroatoms. The second kappa shape index (κ2) is 7.10. The Morgan fingerprint density at radius 3 is 2.84 bits per heavy atom. The summed E-state index contributed by atoms with van der Waals surface area (Å²) in [5.41, 5.74) is 2.03. The Labute approximate surface area is 115 Å². The van der Waals surface area contributed by atoms with Crippen LogP contribution < -0.4 is 16.2 Å². The van der Waals surface area contributed by atoms with E-state index < -0.39 is 4.92 Å². The van der Waals surface area contributed by atoms with Gasteiger partial charge in [-0.1, -0.05) is 0 Å². The van der Waals surface area contributed by atoms with Crippen LogP contribution in [0.1, 0.15) is 13.3 Å². The summed E-state index contributed by atoms with van der Waals surface area (Å²) in [6, 6.07) is 0.131. The molecule has 0 saturated heterocycles. The molecule has 0 radical (unpaired) electrons. The van der Waals surface area contributed by atoms with E-state index in [-0.39, 0.29) is 23.4 Å². The molecule has 106 valence electrons. The van der Waals surface area contributed by atoms with E-state index in [9.17, 15) is 10.1 Å². The molecule has 0 aliphatic carbocycles. The van der Waals surface area contributed by atoms with Crippen molar-refractivity contribution in [1.29, 1.82) is 0 Å². The molecule has 1 atom stereocenters. The fourth-order valence-corrected chi connectivity index (χ4v) is 2.17. The Balaban J connectivity index is 3.08. The van der Waals surface area contributed by atoms with E-state index in [1.165, 1.54) is 6.33 Å². The summed E-state index contributed by atoms with van der Waals surface area (Å²) in [7, 11) is 1.78. The van der Waals surface area contributed by atoms with Gasteiger partial charge in [-0.3, -0.25) is 10.1 Å². The molecule has 8 nitrogen and oxygen atoms in total. The summed E-state index contributed by atoms with van der Waals surface area (Å²) in [6.07, 6.45) is 4.19. The molecule has 0 aromatic carbocycles. The number of nitrogens with zero attached hydrogens (tertiary/aromatic N) is 4. The number of nitrogens with one attached hydrogen (secondary N) is 1. The van der Waals surface area contributed by atoms with Crippen LogP contribution in [0.3, 0.4) is 0 Å². The average Bonchev–Trinajstić information content (AvgIpc) is 2.42. The van der Waals surface area contributed by atoms with Gasteiger partial charge in [0.2, 0.25) is 11.6 Å². The number of nitro groups is 1. The van der Waals surface area contributed by atoms with Gasteiger partial charge in [0.25, 0.3) is 0 Å². The third kappa shape index (κ3) is 3.67. The van der Waals surface area contributed by atoms with Crippen molar-refractivity contribution in [2.24, 2.45) is 5.84 Å². The zero-order chi connectivity index (χ0) is 14.4. The topological polar surface area (TPSA) is 110 Å². The molecule has 1 aromatic heterocycles. The van der Waals surface area contributed by atoms with Gasteiger partial charge < -0.3 is 10.3 Å². The highest BCUT2D eigenvalue weighted by atomic mass is 32.2. The van der Waals surface area contributed by atoms with Crippen LogP contribution >= 0.6 is 11.8 Å². The van der Waals surface area contributed by atoms with Gasteiger partial charge in [0.15, 0.2) is 0 Å². The summed E-state index contributed by atoms with van der Waals surface area (Å²) >= 11 is 1.74. The SMILES string of the molecule is CSCCC(C)N(C)c1ncnc(NN)c1[N+](=O)[O-].